The van der Waals surface area contributed by atoms with Crippen molar-refractivity contribution in [1.82, 2.24) is 4.98 Å². The van der Waals surface area contributed by atoms with Gasteiger partial charge in [-0.2, -0.15) is 4.98 Å². The molecular formula is C11H6ClF3N2O. The number of rotatable bonds is 2. The molecule has 0 unspecified atom stereocenters. The molecule has 0 bridgehead atoms. The summed E-state index contributed by atoms with van der Waals surface area (Å²) in [4.78, 5) is 3.39. The molecule has 0 atom stereocenters. The van der Waals surface area contributed by atoms with Crippen LogP contribution < -0.4 is 10.5 Å². The maximum Gasteiger partial charge on any atom is 0.258 e. The number of nitrogens with zero attached hydrogens (tertiary/aromatic N) is 1. The van der Waals surface area contributed by atoms with E-state index in [0.29, 0.717) is 6.07 Å². The van der Waals surface area contributed by atoms with Gasteiger partial charge in [0.1, 0.15) is 11.6 Å². The van der Waals surface area contributed by atoms with E-state index in [1.807, 2.05) is 0 Å². The number of anilines is 1. The summed E-state index contributed by atoms with van der Waals surface area (Å²) in [5, 5.41) is -0.192. The summed E-state index contributed by atoms with van der Waals surface area (Å²) >= 11 is 5.52. The van der Waals surface area contributed by atoms with Crippen LogP contribution in [0.25, 0.3) is 0 Å². The van der Waals surface area contributed by atoms with Gasteiger partial charge in [0.05, 0.1) is 5.02 Å². The smallest absolute Gasteiger partial charge is 0.258 e. The van der Waals surface area contributed by atoms with Crippen LogP contribution in [-0.4, -0.2) is 4.98 Å². The van der Waals surface area contributed by atoms with Gasteiger partial charge in [-0.15, -0.1) is 0 Å². The molecule has 1 aromatic carbocycles. The van der Waals surface area contributed by atoms with Crippen LogP contribution in [0, 0.1) is 17.5 Å². The largest absolute Gasteiger partial charge is 0.436 e. The molecule has 2 aromatic rings. The van der Waals surface area contributed by atoms with Gasteiger partial charge in [0.25, 0.3) is 5.88 Å². The first-order valence-corrected chi connectivity index (χ1v) is 5.09. The lowest BCUT2D eigenvalue weighted by Gasteiger charge is -2.07. The molecule has 1 heterocycles. The molecule has 1 aromatic heterocycles. The minimum absolute atomic E-state index is 0.0545. The predicted molar refractivity (Wildman–Crippen MR) is 60.0 cm³/mol. The molecule has 0 amide bonds. The highest BCUT2D eigenvalue weighted by Crippen LogP contribution is 2.27. The Labute approximate surface area is 105 Å². The molecule has 0 fully saturated rings. The average Bonchev–Trinajstić information content (AvgIpc) is 2.31. The number of pyridine rings is 1. The van der Waals surface area contributed by atoms with Crippen molar-refractivity contribution in [3.8, 4) is 11.6 Å². The topological polar surface area (TPSA) is 48.1 Å². The Balaban J connectivity index is 2.34. The first-order chi connectivity index (χ1) is 8.47. The molecule has 0 saturated heterocycles. The third-order valence-electron chi connectivity index (χ3n) is 2.03. The Morgan fingerprint density at radius 1 is 1.06 bits per heavy atom. The fourth-order valence-corrected chi connectivity index (χ4v) is 1.36. The number of nitrogens with two attached hydrogens (primary N) is 1. The van der Waals surface area contributed by atoms with Gasteiger partial charge in [0, 0.05) is 12.1 Å². The molecule has 2 N–H and O–H groups in total. The van der Waals surface area contributed by atoms with Crippen LogP contribution in [0.2, 0.25) is 5.02 Å². The second kappa shape index (κ2) is 4.73. The fraction of sp³-hybridized carbons (Fsp3) is 0. The number of ether oxygens (including phenoxy) is 1. The lowest BCUT2D eigenvalue weighted by atomic mass is 10.3. The van der Waals surface area contributed by atoms with Crippen LogP contribution in [0.5, 0.6) is 11.6 Å². The minimum atomic E-state index is -1.03. The van der Waals surface area contributed by atoms with Gasteiger partial charge in [-0.3, -0.25) is 0 Å². The summed E-state index contributed by atoms with van der Waals surface area (Å²) < 4.78 is 44.1. The number of hydrogen-bond acceptors (Lipinski definition) is 3. The molecular weight excluding hydrogens is 269 g/mol. The van der Waals surface area contributed by atoms with E-state index in [2.05, 4.69) is 4.98 Å². The van der Waals surface area contributed by atoms with Crippen molar-refractivity contribution in [3.05, 3.63) is 46.7 Å². The Hall–Kier alpha value is -1.95. The number of hydrogen-bond donors (Lipinski definition) is 1. The zero-order chi connectivity index (χ0) is 13.3. The predicted octanol–water partition coefficient (Wildman–Crippen LogP) is 3.53. The molecule has 0 aliphatic carbocycles. The Kier molecular flexibility index (Phi) is 3.29. The van der Waals surface area contributed by atoms with E-state index in [9.17, 15) is 13.2 Å². The molecule has 18 heavy (non-hydrogen) atoms. The normalized spacial score (nSPS) is 10.4. The van der Waals surface area contributed by atoms with Crippen LogP contribution in [0.3, 0.4) is 0 Å². The van der Waals surface area contributed by atoms with Gasteiger partial charge >= 0.3 is 0 Å². The Morgan fingerprint density at radius 3 is 2.44 bits per heavy atom. The van der Waals surface area contributed by atoms with Crippen molar-refractivity contribution in [3.63, 3.8) is 0 Å². The zero-order valence-electron chi connectivity index (χ0n) is 8.75. The number of aromatic nitrogens is 1. The molecule has 0 spiro atoms. The lowest BCUT2D eigenvalue weighted by Crippen LogP contribution is -2.00. The van der Waals surface area contributed by atoms with E-state index < -0.39 is 29.1 Å². The number of nitrogen functional groups attached to an aromatic ring is 1. The monoisotopic (exact) mass is 274 g/mol. The molecule has 7 heteroatoms. The molecule has 0 aliphatic rings. The fourth-order valence-electron chi connectivity index (χ4n) is 1.19. The van der Waals surface area contributed by atoms with Crippen molar-refractivity contribution in [1.29, 1.82) is 0 Å². The average molecular weight is 275 g/mol. The number of halogens is 4. The van der Waals surface area contributed by atoms with Crippen molar-refractivity contribution >= 4 is 17.4 Å². The maximum atomic E-state index is 13.3. The van der Waals surface area contributed by atoms with E-state index in [1.54, 1.807) is 0 Å². The van der Waals surface area contributed by atoms with E-state index >= 15 is 0 Å². The quantitative estimate of drug-likeness (QED) is 0.911. The number of benzene rings is 1. The van der Waals surface area contributed by atoms with Crippen molar-refractivity contribution < 1.29 is 17.9 Å². The summed E-state index contributed by atoms with van der Waals surface area (Å²) in [5.41, 5.74) is 5.18. The highest BCUT2D eigenvalue weighted by atomic mass is 35.5. The van der Waals surface area contributed by atoms with Crippen molar-refractivity contribution in [2.45, 2.75) is 0 Å². The molecule has 94 valence electrons. The van der Waals surface area contributed by atoms with E-state index in [4.69, 9.17) is 22.1 Å². The Morgan fingerprint density at radius 2 is 1.78 bits per heavy atom. The first kappa shape index (κ1) is 12.5. The highest BCUT2D eigenvalue weighted by Gasteiger charge is 2.12. The van der Waals surface area contributed by atoms with Crippen LogP contribution in [0.4, 0.5) is 19.0 Å². The van der Waals surface area contributed by atoms with E-state index in [1.165, 1.54) is 6.07 Å². The van der Waals surface area contributed by atoms with E-state index in [0.717, 1.165) is 12.1 Å². The molecule has 0 aliphatic heterocycles. The minimum Gasteiger partial charge on any atom is -0.436 e. The second-order valence-electron chi connectivity index (χ2n) is 3.32. The van der Waals surface area contributed by atoms with Crippen molar-refractivity contribution in [2.75, 3.05) is 5.73 Å². The third kappa shape index (κ3) is 2.48. The third-order valence-corrected chi connectivity index (χ3v) is 2.32. The van der Waals surface area contributed by atoms with Gasteiger partial charge in [-0.1, -0.05) is 11.6 Å². The zero-order valence-corrected chi connectivity index (χ0v) is 9.51. The van der Waals surface area contributed by atoms with Crippen molar-refractivity contribution in [2.24, 2.45) is 0 Å². The van der Waals surface area contributed by atoms with Crippen LogP contribution in [0.1, 0.15) is 0 Å². The maximum absolute atomic E-state index is 13.3. The summed E-state index contributed by atoms with van der Waals surface area (Å²) in [6.07, 6.45) is 0. The Bertz CT molecular complexity index is 607. The van der Waals surface area contributed by atoms with Gasteiger partial charge < -0.3 is 10.5 Å². The molecule has 2 rings (SSSR count). The summed E-state index contributed by atoms with van der Waals surface area (Å²) in [7, 11) is 0. The standard InChI is InChI=1S/C11H6ClF3N2O/c12-6-3-5(1-2-7(6)13)18-11-9(15)4-8(14)10(16)17-11/h1-4H,(H2,16,17). The summed E-state index contributed by atoms with van der Waals surface area (Å²) in [6.45, 7) is 0. The molecule has 3 nitrogen and oxygen atoms in total. The van der Waals surface area contributed by atoms with Gasteiger partial charge in [-0.05, 0) is 12.1 Å². The summed E-state index contributed by atoms with van der Waals surface area (Å²) in [5.74, 6) is -3.62. The van der Waals surface area contributed by atoms with Gasteiger partial charge in [0.15, 0.2) is 17.5 Å². The van der Waals surface area contributed by atoms with Crippen LogP contribution in [0.15, 0.2) is 24.3 Å². The van der Waals surface area contributed by atoms with Crippen LogP contribution >= 0.6 is 11.6 Å². The van der Waals surface area contributed by atoms with E-state index in [-0.39, 0.29) is 10.8 Å². The molecule has 0 radical (unpaired) electrons. The lowest BCUT2D eigenvalue weighted by molar-refractivity contribution is 0.417. The highest BCUT2D eigenvalue weighted by molar-refractivity contribution is 6.30. The van der Waals surface area contributed by atoms with Gasteiger partial charge in [0.2, 0.25) is 0 Å². The second-order valence-corrected chi connectivity index (χ2v) is 3.73. The SMILES string of the molecule is Nc1nc(Oc2ccc(F)c(Cl)c2)c(F)cc1F. The first-order valence-electron chi connectivity index (χ1n) is 4.72. The summed E-state index contributed by atoms with van der Waals surface area (Å²) in [6, 6.07) is 3.95. The van der Waals surface area contributed by atoms with Crippen LogP contribution in [-0.2, 0) is 0 Å². The van der Waals surface area contributed by atoms with Gasteiger partial charge in [-0.25, -0.2) is 13.2 Å². The molecule has 0 saturated carbocycles.